The summed E-state index contributed by atoms with van der Waals surface area (Å²) in [6.45, 7) is -0.394. The molecule has 124 valence electrons. The number of benzene rings is 2. The van der Waals surface area contributed by atoms with Gasteiger partial charge in [0.25, 0.3) is 0 Å². The van der Waals surface area contributed by atoms with Crippen LogP contribution in [0.1, 0.15) is 22.8 Å². The van der Waals surface area contributed by atoms with Gasteiger partial charge in [-0.15, -0.1) is 0 Å². The van der Waals surface area contributed by atoms with Gasteiger partial charge in [0.05, 0.1) is 6.10 Å². The highest BCUT2D eigenvalue weighted by atomic mass is 19.3. The molecule has 0 saturated heterocycles. The van der Waals surface area contributed by atoms with Crippen LogP contribution >= 0.6 is 0 Å². The van der Waals surface area contributed by atoms with Gasteiger partial charge in [-0.2, -0.15) is 8.78 Å². The van der Waals surface area contributed by atoms with Crippen molar-refractivity contribution in [2.45, 2.75) is 26.2 Å². The first-order valence-electron chi connectivity index (χ1n) is 7.14. The molecule has 6 heteroatoms. The summed E-state index contributed by atoms with van der Waals surface area (Å²) in [6, 6.07) is 10.5. The van der Waals surface area contributed by atoms with E-state index < -0.39 is 12.7 Å². The molecular formula is C17H18F3NO2. The average molecular weight is 325 g/mol. The predicted molar refractivity (Wildman–Crippen MR) is 80.9 cm³/mol. The lowest BCUT2D eigenvalue weighted by Gasteiger charge is -2.14. The number of aryl methyl sites for hydroxylation is 1. The minimum atomic E-state index is -2.90. The number of rotatable bonds is 7. The van der Waals surface area contributed by atoms with Gasteiger partial charge in [-0.3, -0.25) is 0 Å². The molecular weight excluding hydrogens is 307 g/mol. The van der Waals surface area contributed by atoms with E-state index in [4.69, 9.17) is 0 Å². The molecule has 2 rings (SSSR count). The van der Waals surface area contributed by atoms with E-state index in [2.05, 4.69) is 10.1 Å². The van der Waals surface area contributed by atoms with Crippen LogP contribution in [0.4, 0.5) is 13.2 Å². The van der Waals surface area contributed by atoms with Crippen molar-refractivity contribution >= 4 is 0 Å². The molecule has 0 heterocycles. The average Bonchev–Trinajstić information content (AvgIpc) is 2.49. The summed E-state index contributed by atoms with van der Waals surface area (Å²) in [4.78, 5) is 0. The Balaban J connectivity index is 1.90. The van der Waals surface area contributed by atoms with Gasteiger partial charge in [-0.05, 0) is 47.9 Å². The highest BCUT2D eigenvalue weighted by Crippen LogP contribution is 2.20. The lowest BCUT2D eigenvalue weighted by molar-refractivity contribution is -0.0499. The van der Waals surface area contributed by atoms with E-state index in [1.165, 1.54) is 24.3 Å². The minimum absolute atomic E-state index is 0.00549. The Bertz CT molecular complexity index is 649. The molecule has 0 saturated carbocycles. The summed E-state index contributed by atoms with van der Waals surface area (Å²) < 4.78 is 41.7. The first-order valence-corrected chi connectivity index (χ1v) is 7.14. The standard InChI is InChI=1S/C17H18F3NO2/c1-11-7-14(18)6-5-13(11)9-21-10-16(22)12-3-2-4-15(8-12)23-17(19)20/h2-8,16-17,21-22H,9-10H2,1H3. The number of hydrogen-bond acceptors (Lipinski definition) is 3. The largest absolute Gasteiger partial charge is 0.435 e. The van der Waals surface area contributed by atoms with Crippen LogP contribution in [0, 0.1) is 12.7 Å². The monoisotopic (exact) mass is 325 g/mol. The SMILES string of the molecule is Cc1cc(F)ccc1CNCC(O)c1cccc(OC(F)F)c1. The Hall–Kier alpha value is -2.05. The molecule has 0 aliphatic carbocycles. The molecule has 0 bridgehead atoms. The van der Waals surface area contributed by atoms with E-state index in [1.807, 2.05) is 6.92 Å². The molecule has 2 aromatic rings. The van der Waals surface area contributed by atoms with Crippen molar-refractivity contribution in [1.29, 1.82) is 0 Å². The van der Waals surface area contributed by atoms with E-state index in [9.17, 15) is 18.3 Å². The maximum absolute atomic E-state index is 13.0. The zero-order chi connectivity index (χ0) is 16.8. The predicted octanol–water partition coefficient (Wildman–Crippen LogP) is 3.56. The molecule has 0 radical (unpaired) electrons. The number of ether oxygens (including phenoxy) is 1. The van der Waals surface area contributed by atoms with Crippen LogP contribution in [0.25, 0.3) is 0 Å². The normalized spacial score (nSPS) is 12.4. The second-order valence-corrected chi connectivity index (χ2v) is 5.17. The smallest absolute Gasteiger partial charge is 0.387 e. The van der Waals surface area contributed by atoms with E-state index >= 15 is 0 Å². The van der Waals surface area contributed by atoms with Crippen LogP contribution < -0.4 is 10.1 Å². The van der Waals surface area contributed by atoms with E-state index in [0.717, 1.165) is 11.1 Å². The molecule has 0 spiro atoms. The van der Waals surface area contributed by atoms with Gasteiger partial charge in [-0.25, -0.2) is 4.39 Å². The van der Waals surface area contributed by atoms with E-state index in [0.29, 0.717) is 12.1 Å². The van der Waals surface area contributed by atoms with Gasteiger partial charge in [0.2, 0.25) is 0 Å². The third-order valence-electron chi connectivity index (χ3n) is 3.43. The highest BCUT2D eigenvalue weighted by Gasteiger charge is 2.10. The molecule has 2 N–H and O–H groups in total. The van der Waals surface area contributed by atoms with Crippen LogP contribution in [-0.4, -0.2) is 18.3 Å². The van der Waals surface area contributed by atoms with Gasteiger partial charge in [0.15, 0.2) is 0 Å². The fourth-order valence-electron chi connectivity index (χ4n) is 2.22. The van der Waals surface area contributed by atoms with E-state index in [1.54, 1.807) is 18.2 Å². The number of nitrogens with one attached hydrogen (secondary N) is 1. The van der Waals surface area contributed by atoms with Crippen molar-refractivity contribution in [3.63, 3.8) is 0 Å². The van der Waals surface area contributed by atoms with Gasteiger partial charge < -0.3 is 15.2 Å². The Labute approximate surface area is 132 Å². The van der Waals surface area contributed by atoms with Crippen molar-refractivity contribution in [1.82, 2.24) is 5.32 Å². The van der Waals surface area contributed by atoms with Gasteiger partial charge >= 0.3 is 6.61 Å². The Morgan fingerprint density at radius 3 is 2.65 bits per heavy atom. The Morgan fingerprint density at radius 2 is 1.96 bits per heavy atom. The lowest BCUT2D eigenvalue weighted by atomic mass is 10.1. The summed E-state index contributed by atoms with van der Waals surface area (Å²) >= 11 is 0. The summed E-state index contributed by atoms with van der Waals surface area (Å²) in [5.74, 6) is -0.284. The second kappa shape index (κ2) is 7.99. The van der Waals surface area contributed by atoms with Crippen LogP contribution in [0.15, 0.2) is 42.5 Å². The third kappa shape index (κ3) is 5.26. The molecule has 3 nitrogen and oxygen atoms in total. The fourth-order valence-corrected chi connectivity index (χ4v) is 2.22. The Morgan fingerprint density at radius 1 is 1.17 bits per heavy atom. The summed E-state index contributed by atoms with van der Waals surface area (Å²) in [5, 5.41) is 13.2. The zero-order valence-electron chi connectivity index (χ0n) is 12.6. The Kier molecular flexibility index (Phi) is 6.01. The van der Waals surface area contributed by atoms with Crippen molar-refractivity contribution in [2.75, 3.05) is 6.54 Å². The molecule has 0 aliphatic heterocycles. The number of hydrogen-bond donors (Lipinski definition) is 2. The van der Waals surface area contributed by atoms with Crippen LogP contribution in [0.2, 0.25) is 0 Å². The third-order valence-corrected chi connectivity index (χ3v) is 3.43. The minimum Gasteiger partial charge on any atom is -0.435 e. The summed E-state index contributed by atoms with van der Waals surface area (Å²) in [7, 11) is 0. The van der Waals surface area contributed by atoms with Crippen molar-refractivity contribution < 1.29 is 23.0 Å². The molecule has 0 aromatic heterocycles. The number of alkyl halides is 2. The lowest BCUT2D eigenvalue weighted by Crippen LogP contribution is -2.21. The molecule has 0 amide bonds. The number of aliphatic hydroxyl groups excluding tert-OH is 1. The van der Waals surface area contributed by atoms with Gasteiger partial charge in [0.1, 0.15) is 11.6 Å². The van der Waals surface area contributed by atoms with Crippen LogP contribution in [0.5, 0.6) is 5.75 Å². The fraction of sp³-hybridized carbons (Fsp3) is 0.294. The topological polar surface area (TPSA) is 41.5 Å². The van der Waals surface area contributed by atoms with Crippen LogP contribution in [0.3, 0.4) is 0 Å². The first kappa shape index (κ1) is 17.3. The maximum atomic E-state index is 13.0. The summed E-state index contributed by atoms with van der Waals surface area (Å²) in [5.41, 5.74) is 2.22. The molecule has 1 unspecified atom stereocenters. The van der Waals surface area contributed by atoms with Gasteiger partial charge in [-0.1, -0.05) is 18.2 Å². The maximum Gasteiger partial charge on any atom is 0.387 e. The second-order valence-electron chi connectivity index (χ2n) is 5.17. The van der Waals surface area contributed by atoms with Crippen LogP contribution in [-0.2, 0) is 6.54 Å². The zero-order valence-corrected chi connectivity index (χ0v) is 12.6. The molecule has 1 atom stereocenters. The highest BCUT2D eigenvalue weighted by molar-refractivity contribution is 5.30. The van der Waals surface area contributed by atoms with Crippen molar-refractivity contribution in [3.05, 3.63) is 65.0 Å². The number of aliphatic hydroxyl groups is 1. The molecule has 23 heavy (non-hydrogen) atoms. The molecule has 0 aliphatic rings. The summed E-state index contributed by atoms with van der Waals surface area (Å²) in [6.07, 6.45) is -0.864. The quantitative estimate of drug-likeness (QED) is 0.818. The van der Waals surface area contributed by atoms with E-state index in [-0.39, 0.29) is 18.1 Å². The number of halogens is 3. The van der Waals surface area contributed by atoms with Gasteiger partial charge in [0, 0.05) is 13.1 Å². The first-order chi connectivity index (χ1) is 11.0. The molecule has 0 fully saturated rings. The van der Waals surface area contributed by atoms with Crippen molar-refractivity contribution in [2.24, 2.45) is 0 Å². The molecule has 2 aromatic carbocycles. The van der Waals surface area contributed by atoms with Crippen molar-refractivity contribution in [3.8, 4) is 5.75 Å².